The van der Waals surface area contributed by atoms with Crippen molar-refractivity contribution in [1.82, 2.24) is 9.58 Å². The Hall–Kier alpha value is -2.88. The molecule has 0 N–H and O–H groups in total. The molecule has 2 aromatic carbocycles. The number of para-hydroxylation sites is 1. The molecule has 3 aromatic rings. The third-order valence-corrected chi connectivity index (χ3v) is 4.63. The first-order valence-corrected chi connectivity index (χ1v) is 8.12. The van der Waals surface area contributed by atoms with Gasteiger partial charge in [0.1, 0.15) is 0 Å². The van der Waals surface area contributed by atoms with Gasteiger partial charge in [-0.1, -0.05) is 48.5 Å². The molecule has 120 valence electrons. The van der Waals surface area contributed by atoms with Gasteiger partial charge in [0, 0.05) is 43.1 Å². The van der Waals surface area contributed by atoms with E-state index in [1.807, 2.05) is 49.5 Å². The topological polar surface area (TPSA) is 37.6 Å². The predicted molar refractivity (Wildman–Crippen MR) is 95.8 cm³/mol. The van der Waals surface area contributed by atoms with Gasteiger partial charge in [-0.25, -0.2) is 5.01 Å². The molecular weight excluding hydrogens is 298 g/mol. The maximum absolute atomic E-state index is 12.2. The van der Waals surface area contributed by atoms with E-state index in [4.69, 9.17) is 0 Å². The van der Waals surface area contributed by atoms with Crippen LogP contribution in [0.5, 0.6) is 0 Å². The maximum atomic E-state index is 12.2. The summed E-state index contributed by atoms with van der Waals surface area (Å²) in [6.45, 7) is 1.58. The minimum absolute atomic E-state index is 0.0288. The smallest absolute Gasteiger partial charge is 0.240 e. The van der Waals surface area contributed by atoms with E-state index in [1.165, 1.54) is 10.9 Å². The first-order valence-electron chi connectivity index (χ1n) is 8.12. The molecule has 0 fully saturated rings. The van der Waals surface area contributed by atoms with Gasteiger partial charge >= 0.3 is 0 Å². The standard InChI is InChI=1S/C20H19N3O/c1-14(24)23-20(12-18(21-23)15-8-4-3-5-9-15)17-13-22(2)19-11-7-6-10-16(17)19/h3-11,13,20H,12H2,1-2H3/t20-/m1/s1. The van der Waals surface area contributed by atoms with Crippen LogP contribution in [0.1, 0.15) is 30.5 Å². The van der Waals surface area contributed by atoms with Gasteiger partial charge in [-0.3, -0.25) is 4.79 Å². The van der Waals surface area contributed by atoms with Crippen molar-refractivity contribution < 1.29 is 4.79 Å². The van der Waals surface area contributed by atoms with Crippen LogP contribution in [0, 0.1) is 0 Å². The average molecular weight is 317 g/mol. The lowest BCUT2D eigenvalue weighted by Gasteiger charge is -2.19. The number of hydrogen-bond acceptors (Lipinski definition) is 2. The summed E-state index contributed by atoms with van der Waals surface area (Å²) in [5.74, 6) is -0.0288. The van der Waals surface area contributed by atoms with Gasteiger partial charge in [0.2, 0.25) is 5.91 Å². The summed E-state index contributed by atoms with van der Waals surface area (Å²) in [7, 11) is 2.04. The van der Waals surface area contributed by atoms with Crippen LogP contribution >= 0.6 is 0 Å². The Kier molecular flexibility index (Phi) is 3.45. The maximum Gasteiger partial charge on any atom is 0.240 e. The molecule has 4 rings (SSSR count). The number of hydrogen-bond donors (Lipinski definition) is 0. The van der Waals surface area contributed by atoms with Crippen molar-refractivity contribution >= 4 is 22.5 Å². The van der Waals surface area contributed by atoms with Gasteiger partial charge in [0.15, 0.2) is 0 Å². The SMILES string of the molecule is CC(=O)N1N=C(c2ccccc2)C[C@@H]1c1cn(C)c2ccccc12. The molecule has 1 atom stereocenters. The van der Waals surface area contributed by atoms with Crippen LogP contribution in [0.2, 0.25) is 0 Å². The second-order valence-corrected chi connectivity index (χ2v) is 6.21. The Balaban J connectivity index is 1.79. The van der Waals surface area contributed by atoms with Crippen LogP contribution in [-0.4, -0.2) is 21.2 Å². The molecule has 4 heteroatoms. The molecule has 0 spiro atoms. The molecule has 0 radical (unpaired) electrons. The Labute approximate surface area is 141 Å². The third kappa shape index (κ3) is 2.31. The number of carbonyl (C=O) groups is 1. The Bertz CT molecular complexity index is 940. The number of aromatic nitrogens is 1. The second kappa shape index (κ2) is 5.64. The average Bonchev–Trinajstić information content (AvgIpc) is 3.18. The van der Waals surface area contributed by atoms with Gasteiger partial charge in [-0.15, -0.1) is 0 Å². The summed E-state index contributed by atoms with van der Waals surface area (Å²) in [5.41, 5.74) is 4.36. The van der Waals surface area contributed by atoms with Crippen molar-refractivity contribution in [2.45, 2.75) is 19.4 Å². The molecule has 0 unspecified atom stereocenters. The van der Waals surface area contributed by atoms with Gasteiger partial charge < -0.3 is 4.57 Å². The Morgan fingerprint density at radius 3 is 2.54 bits per heavy atom. The van der Waals surface area contributed by atoms with Crippen LogP contribution in [0.25, 0.3) is 10.9 Å². The molecule has 24 heavy (non-hydrogen) atoms. The number of benzene rings is 2. The van der Waals surface area contributed by atoms with E-state index in [2.05, 4.69) is 28.0 Å². The summed E-state index contributed by atoms with van der Waals surface area (Å²) in [6.07, 6.45) is 2.85. The summed E-state index contributed by atoms with van der Waals surface area (Å²) in [6, 6.07) is 18.3. The van der Waals surface area contributed by atoms with Crippen LogP contribution < -0.4 is 0 Å². The molecule has 1 aliphatic heterocycles. The number of rotatable bonds is 2. The molecule has 2 heterocycles. The second-order valence-electron chi connectivity index (χ2n) is 6.21. The van der Waals surface area contributed by atoms with Crippen molar-refractivity contribution in [2.75, 3.05) is 0 Å². The fourth-order valence-corrected chi connectivity index (χ4v) is 3.49. The lowest BCUT2D eigenvalue weighted by Crippen LogP contribution is -2.24. The highest BCUT2D eigenvalue weighted by molar-refractivity contribution is 6.03. The molecule has 1 aliphatic rings. The van der Waals surface area contributed by atoms with Crippen molar-refractivity contribution in [3.05, 3.63) is 71.9 Å². The highest BCUT2D eigenvalue weighted by atomic mass is 16.2. The monoisotopic (exact) mass is 317 g/mol. The van der Waals surface area contributed by atoms with E-state index >= 15 is 0 Å². The molecule has 4 nitrogen and oxygen atoms in total. The summed E-state index contributed by atoms with van der Waals surface area (Å²) in [4.78, 5) is 12.2. The molecule has 0 bridgehead atoms. The highest BCUT2D eigenvalue weighted by Gasteiger charge is 2.33. The van der Waals surface area contributed by atoms with Crippen LogP contribution in [0.3, 0.4) is 0 Å². The fourth-order valence-electron chi connectivity index (χ4n) is 3.49. The van der Waals surface area contributed by atoms with Crippen molar-refractivity contribution in [3.8, 4) is 0 Å². The van der Waals surface area contributed by atoms with Gasteiger partial charge in [-0.05, 0) is 11.6 Å². The first-order chi connectivity index (χ1) is 11.6. The van der Waals surface area contributed by atoms with E-state index in [9.17, 15) is 4.79 Å². The third-order valence-electron chi connectivity index (χ3n) is 4.63. The van der Waals surface area contributed by atoms with E-state index in [-0.39, 0.29) is 11.9 Å². The van der Waals surface area contributed by atoms with E-state index in [1.54, 1.807) is 11.9 Å². The lowest BCUT2D eigenvalue weighted by molar-refractivity contribution is -0.130. The Morgan fingerprint density at radius 2 is 1.79 bits per heavy atom. The summed E-state index contributed by atoms with van der Waals surface area (Å²) >= 11 is 0. The normalized spacial score (nSPS) is 17.3. The number of fused-ring (bicyclic) bond motifs is 1. The highest BCUT2D eigenvalue weighted by Crippen LogP contribution is 2.37. The minimum Gasteiger partial charge on any atom is -0.350 e. The van der Waals surface area contributed by atoms with Crippen molar-refractivity contribution in [1.29, 1.82) is 0 Å². The van der Waals surface area contributed by atoms with Gasteiger partial charge in [0.05, 0.1) is 11.8 Å². The zero-order chi connectivity index (χ0) is 16.7. The van der Waals surface area contributed by atoms with Crippen LogP contribution in [0.15, 0.2) is 65.9 Å². The fraction of sp³-hybridized carbons (Fsp3) is 0.200. The van der Waals surface area contributed by atoms with Gasteiger partial charge in [-0.2, -0.15) is 5.10 Å². The van der Waals surface area contributed by atoms with Gasteiger partial charge in [0.25, 0.3) is 0 Å². The number of carbonyl (C=O) groups excluding carboxylic acids is 1. The number of hydrazone groups is 1. The molecule has 0 saturated heterocycles. The minimum atomic E-state index is -0.0520. The van der Waals surface area contributed by atoms with Crippen molar-refractivity contribution in [3.63, 3.8) is 0 Å². The molecule has 1 amide bonds. The zero-order valence-electron chi connectivity index (χ0n) is 13.8. The summed E-state index contributed by atoms with van der Waals surface area (Å²) < 4.78 is 2.11. The lowest BCUT2D eigenvalue weighted by atomic mass is 9.98. The Morgan fingerprint density at radius 1 is 1.08 bits per heavy atom. The number of nitrogens with zero attached hydrogens (tertiary/aromatic N) is 3. The first kappa shape index (κ1) is 14.7. The van der Waals surface area contributed by atoms with E-state index in [0.29, 0.717) is 0 Å². The molecule has 0 saturated carbocycles. The molecule has 0 aliphatic carbocycles. The molecule has 1 aromatic heterocycles. The van der Waals surface area contributed by atoms with Crippen molar-refractivity contribution in [2.24, 2.45) is 12.1 Å². The largest absolute Gasteiger partial charge is 0.350 e. The summed E-state index contributed by atoms with van der Waals surface area (Å²) in [5, 5.41) is 7.43. The quantitative estimate of drug-likeness (QED) is 0.707. The van der Waals surface area contributed by atoms with E-state index in [0.717, 1.165) is 23.3 Å². The number of aryl methyl sites for hydroxylation is 1. The van der Waals surface area contributed by atoms with Crippen LogP contribution in [0.4, 0.5) is 0 Å². The van der Waals surface area contributed by atoms with E-state index < -0.39 is 0 Å². The van der Waals surface area contributed by atoms with Crippen LogP contribution in [-0.2, 0) is 11.8 Å². The number of amides is 1. The zero-order valence-corrected chi connectivity index (χ0v) is 13.8. The molecular formula is C20H19N3O. The predicted octanol–water partition coefficient (Wildman–Crippen LogP) is 3.88.